The highest BCUT2D eigenvalue weighted by atomic mass is 32.2. The highest BCUT2D eigenvalue weighted by Crippen LogP contribution is 2.77. The van der Waals surface area contributed by atoms with Crippen LogP contribution < -0.4 is 0 Å². The Labute approximate surface area is 151 Å². The number of fused-ring (bicyclic) bond motifs is 3. The van der Waals surface area contributed by atoms with Crippen LogP contribution >= 0.6 is 11.8 Å². The van der Waals surface area contributed by atoms with E-state index in [4.69, 9.17) is 0 Å². The van der Waals surface area contributed by atoms with Crippen LogP contribution in [0, 0.1) is 71.0 Å². The van der Waals surface area contributed by atoms with Crippen molar-refractivity contribution in [2.45, 2.75) is 68.3 Å². The summed E-state index contributed by atoms with van der Waals surface area (Å²) in [5.74, 6) is 14.4. The first kappa shape index (κ1) is 13.5. The zero-order chi connectivity index (χ0) is 15.2. The molecule has 3 heterocycles. The molecule has 10 bridgehead atoms. The van der Waals surface area contributed by atoms with E-state index in [1.54, 1.807) is 57.8 Å². The summed E-state index contributed by atoms with van der Waals surface area (Å²) in [6.07, 6.45) is 14.8. The maximum Gasteiger partial charge on any atom is 0.00865 e. The van der Waals surface area contributed by atoms with Gasteiger partial charge in [0.15, 0.2) is 0 Å². The molecule has 8 unspecified atom stereocenters. The summed E-state index contributed by atoms with van der Waals surface area (Å²) in [6, 6.07) is 0. The van der Waals surface area contributed by atoms with Crippen LogP contribution in [0.2, 0.25) is 0 Å². The van der Waals surface area contributed by atoms with Crippen LogP contribution in [0.25, 0.3) is 0 Å². The zero-order valence-corrected chi connectivity index (χ0v) is 15.7. The molecule has 0 aromatic rings. The van der Waals surface area contributed by atoms with Gasteiger partial charge in [-0.05, 0) is 122 Å². The van der Waals surface area contributed by atoms with Crippen molar-refractivity contribution in [3.05, 3.63) is 0 Å². The Balaban J connectivity index is 1.37. The van der Waals surface area contributed by atoms with E-state index in [0.717, 1.165) is 10.5 Å². The molecule has 10 rings (SSSR count). The van der Waals surface area contributed by atoms with Gasteiger partial charge in [-0.15, -0.1) is 0 Å². The van der Waals surface area contributed by atoms with Gasteiger partial charge in [-0.3, -0.25) is 0 Å². The maximum atomic E-state index is 2.56. The Morgan fingerprint density at radius 2 is 1.21 bits per heavy atom. The molecule has 0 amide bonds. The highest BCUT2D eigenvalue weighted by molar-refractivity contribution is 8.00. The van der Waals surface area contributed by atoms with Crippen molar-refractivity contribution in [3.63, 3.8) is 0 Å². The van der Waals surface area contributed by atoms with Crippen molar-refractivity contribution < 1.29 is 0 Å². The monoisotopic (exact) mass is 340 g/mol. The summed E-state index contributed by atoms with van der Waals surface area (Å²) < 4.78 is 0. The molecule has 14 atom stereocenters. The van der Waals surface area contributed by atoms with Crippen LogP contribution in [0.5, 0.6) is 0 Å². The Morgan fingerprint density at radius 3 is 2.08 bits per heavy atom. The molecule has 3 aliphatic heterocycles. The molecule has 7 aliphatic carbocycles. The first-order chi connectivity index (χ1) is 11.9. The second-order valence-corrected chi connectivity index (χ2v) is 12.9. The minimum Gasteiger partial charge on any atom is -0.155 e. The lowest BCUT2D eigenvalue weighted by Crippen LogP contribution is -2.51. The summed E-state index contributed by atoms with van der Waals surface area (Å²) in [5.41, 5.74) is 0. The SMILES string of the molecule is C1C[C@H]2C3C4C5CC6C[C@@H](C(CCC64)S5)[C@@H]3C3[C@H]4CCC4[C@H]2[C@H]3C1. The van der Waals surface area contributed by atoms with Gasteiger partial charge < -0.3 is 0 Å². The van der Waals surface area contributed by atoms with Gasteiger partial charge in [0.2, 0.25) is 0 Å². The normalized spacial score (nSPS) is 73.0. The molecule has 0 N–H and O–H groups in total. The molecular weight excluding hydrogens is 308 g/mol. The molecule has 24 heavy (non-hydrogen) atoms. The summed E-state index contributed by atoms with van der Waals surface area (Å²) in [6.45, 7) is 0. The molecule has 0 spiro atoms. The fourth-order valence-corrected chi connectivity index (χ4v) is 13.5. The van der Waals surface area contributed by atoms with Crippen molar-refractivity contribution in [2.75, 3.05) is 0 Å². The summed E-state index contributed by atoms with van der Waals surface area (Å²) >= 11 is 2.56. The first-order valence-electron chi connectivity index (χ1n) is 11.6. The largest absolute Gasteiger partial charge is 0.155 e. The van der Waals surface area contributed by atoms with Crippen LogP contribution in [-0.2, 0) is 0 Å². The van der Waals surface area contributed by atoms with Crippen molar-refractivity contribution in [1.29, 1.82) is 0 Å². The highest BCUT2D eigenvalue weighted by Gasteiger charge is 2.71. The van der Waals surface area contributed by atoms with Gasteiger partial charge in [-0.1, -0.05) is 6.42 Å². The van der Waals surface area contributed by atoms with Crippen molar-refractivity contribution in [1.82, 2.24) is 0 Å². The molecule has 3 saturated heterocycles. The van der Waals surface area contributed by atoms with Crippen LogP contribution in [0.4, 0.5) is 0 Å². The van der Waals surface area contributed by atoms with Gasteiger partial charge in [0.1, 0.15) is 0 Å². The van der Waals surface area contributed by atoms with Crippen molar-refractivity contribution >= 4 is 11.8 Å². The lowest BCUT2D eigenvalue weighted by atomic mass is 9.49. The Bertz CT molecular complexity index is 599. The molecule has 0 nitrogen and oxygen atoms in total. The minimum absolute atomic E-state index is 1.10. The Kier molecular flexibility index (Phi) is 2.40. The predicted octanol–water partition coefficient (Wildman–Crippen LogP) is 5.47. The number of rotatable bonds is 0. The quantitative estimate of drug-likeness (QED) is 0.563. The Morgan fingerprint density at radius 1 is 0.458 bits per heavy atom. The third kappa shape index (κ3) is 1.31. The second kappa shape index (κ2) is 4.26. The maximum absolute atomic E-state index is 2.56. The van der Waals surface area contributed by atoms with Gasteiger partial charge in [0.25, 0.3) is 0 Å². The van der Waals surface area contributed by atoms with E-state index in [9.17, 15) is 0 Å². The van der Waals surface area contributed by atoms with Crippen LogP contribution in [0.15, 0.2) is 0 Å². The van der Waals surface area contributed by atoms with E-state index >= 15 is 0 Å². The molecule has 10 aliphatic rings. The van der Waals surface area contributed by atoms with E-state index in [0.29, 0.717) is 0 Å². The Hall–Kier alpha value is 0.350. The predicted molar refractivity (Wildman–Crippen MR) is 98.6 cm³/mol. The molecule has 7 saturated carbocycles. The van der Waals surface area contributed by atoms with Crippen LogP contribution in [0.3, 0.4) is 0 Å². The number of hydrogen-bond acceptors (Lipinski definition) is 1. The van der Waals surface area contributed by atoms with E-state index in [1.165, 1.54) is 71.0 Å². The van der Waals surface area contributed by atoms with Gasteiger partial charge in [0, 0.05) is 10.5 Å². The van der Waals surface area contributed by atoms with E-state index in [1.807, 2.05) is 0 Å². The third-order valence-corrected chi connectivity index (χ3v) is 13.3. The summed E-state index contributed by atoms with van der Waals surface area (Å²) in [7, 11) is 0. The molecule has 0 aromatic carbocycles. The fraction of sp³-hybridized carbons (Fsp3) is 1.00. The van der Waals surface area contributed by atoms with Gasteiger partial charge >= 0.3 is 0 Å². The zero-order valence-electron chi connectivity index (χ0n) is 14.9. The topological polar surface area (TPSA) is 0 Å². The third-order valence-electron chi connectivity index (χ3n) is 11.5. The average molecular weight is 341 g/mol. The summed E-state index contributed by atoms with van der Waals surface area (Å²) in [4.78, 5) is 0. The molecule has 0 radical (unpaired) electrons. The molecule has 1 heteroatoms. The van der Waals surface area contributed by atoms with Crippen LogP contribution in [-0.4, -0.2) is 10.5 Å². The van der Waals surface area contributed by atoms with E-state index < -0.39 is 0 Å². The molecule has 130 valence electrons. The van der Waals surface area contributed by atoms with Crippen molar-refractivity contribution in [3.8, 4) is 0 Å². The van der Waals surface area contributed by atoms with Gasteiger partial charge in [-0.25, -0.2) is 0 Å². The van der Waals surface area contributed by atoms with E-state index in [-0.39, 0.29) is 0 Å². The second-order valence-electron chi connectivity index (χ2n) is 11.4. The fourth-order valence-electron chi connectivity index (χ4n) is 11.3. The molecule has 10 fully saturated rings. The van der Waals surface area contributed by atoms with Gasteiger partial charge in [-0.2, -0.15) is 11.8 Å². The smallest absolute Gasteiger partial charge is 0.00865 e. The standard InChI is InChI=1S/C23H32S/c1-2-14-19-12-4-5-13(12)20(14)23-16-8-10-9-18-21(22(23)15(19)3-1)11(10)6-7-17(16)24-18/h10-23H,1-9H2/t10?,11?,12?,13-,14+,15+,16-,17?,18?,19-,20?,21?,22?,23+/m0/s1. The van der Waals surface area contributed by atoms with Crippen LogP contribution in [0.1, 0.15) is 57.8 Å². The molecule has 0 aromatic heterocycles. The summed E-state index contributed by atoms with van der Waals surface area (Å²) in [5, 5.41) is 2.21. The minimum atomic E-state index is 1.10. The number of thioether (sulfide) groups is 1. The molecular formula is C23H32S. The lowest BCUT2D eigenvalue weighted by Gasteiger charge is -2.55. The van der Waals surface area contributed by atoms with Gasteiger partial charge in [0.05, 0.1) is 0 Å². The van der Waals surface area contributed by atoms with Crippen molar-refractivity contribution in [2.24, 2.45) is 71.0 Å². The number of hydrogen-bond donors (Lipinski definition) is 0. The lowest BCUT2D eigenvalue weighted by molar-refractivity contribution is -0.0716. The van der Waals surface area contributed by atoms with E-state index in [2.05, 4.69) is 11.8 Å². The average Bonchev–Trinajstić information content (AvgIpc) is 2.77. The first-order valence-corrected chi connectivity index (χ1v) is 12.5.